The minimum Gasteiger partial charge on any atom is -0.396 e. The van der Waals surface area contributed by atoms with Crippen molar-refractivity contribution >= 4 is 0 Å². The minimum atomic E-state index is 0.291. The fraction of sp³-hybridized carbons (Fsp3) is 1.00. The van der Waals surface area contributed by atoms with Crippen molar-refractivity contribution in [2.75, 3.05) is 26.2 Å². The zero-order chi connectivity index (χ0) is 7.23. The molecule has 1 rings (SSSR count). The van der Waals surface area contributed by atoms with Crippen LogP contribution in [0.1, 0.15) is 12.8 Å². The van der Waals surface area contributed by atoms with E-state index < -0.39 is 0 Å². The van der Waals surface area contributed by atoms with E-state index in [2.05, 4.69) is 10.6 Å². The molecule has 0 aromatic heterocycles. The summed E-state index contributed by atoms with van der Waals surface area (Å²) in [5.74, 6) is 0. The molecule has 1 atom stereocenters. The van der Waals surface area contributed by atoms with Crippen molar-refractivity contribution < 1.29 is 5.11 Å². The van der Waals surface area contributed by atoms with Gasteiger partial charge in [0, 0.05) is 19.2 Å². The van der Waals surface area contributed by atoms with E-state index in [0.717, 1.165) is 26.1 Å². The number of aliphatic hydroxyl groups excluding tert-OH is 1. The largest absolute Gasteiger partial charge is 0.396 e. The molecule has 3 N–H and O–H groups in total. The Morgan fingerprint density at radius 3 is 3.10 bits per heavy atom. The van der Waals surface area contributed by atoms with Gasteiger partial charge < -0.3 is 15.7 Å². The molecule has 1 heterocycles. The molecule has 10 heavy (non-hydrogen) atoms. The van der Waals surface area contributed by atoms with Crippen molar-refractivity contribution in [2.45, 2.75) is 18.9 Å². The number of aliphatic hydroxyl groups is 1. The maximum Gasteiger partial charge on any atom is 0.0446 e. The molecule has 0 aromatic rings. The summed E-state index contributed by atoms with van der Waals surface area (Å²) in [4.78, 5) is 0. The summed E-state index contributed by atoms with van der Waals surface area (Å²) in [6.45, 7) is 3.48. The van der Waals surface area contributed by atoms with Gasteiger partial charge in [-0.15, -0.1) is 0 Å². The Balaban J connectivity index is 2.15. The van der Waals surface area contributed by atoms with Crippen molar-refractivity contribution in [3.05, 3.63) is 0 Å². The quantitative estimate of drug-likeness (QED) is 0.481. The molecular weight excluding hydrogens is 128 g/mol. The molecule has 0 bridgehead atoms. The number of hydrogen-bond acceptors (Lipinski definition) is 3. The highest BCUT2D eigenvalue weighted by molar-refractivity contribution is 4.72. The minimum absolute atomic E-state index is 0.291. The second kappa shape index (κ2) is 4.66. The normalized spacial score (nSPS) is 27.9. The monoisotopic (exact) mass is 144 g/mol. The molecule has 1 fully saturated rings. The Morgan fingerprint density at radius 1 is 1.40 bits per heavy atom. The molecule has 3 nitrogen and oxygen atoms in total. The van der Waals surface area contributed by atoms with Crippen LogP contribution in [0.2, 0.25) is 0 Å². The summed E-state index contributed by atoms with van der Waals surface area (Å²) in [6.07, 6.45) is 2.06. The summed E-state index contributed by atoms with van der Waals surface area (Å²) in [6, 6.07) is 0.479. The number of rotatable bonds is 2. The molecule has 3 heteroatoms. The number of hydrogen-bond donors (Lipinski definition) is 3. The van der Waals surface area contributed by atoms with Crippen LogP contribution in [-0.4, -0.2) is 37.4 Å². The predicted octanol–water partition coefficient (Wildman–Crippen LogP) is -0.680. The van der Waals surface area contributed by atoms with E-state index in [1.807, 2.05) is 0 Å². The summed E-state index contributed by atoms with van der Waals surface area (Å²) in [5.41, 5.74) is 0. The zero-order valence-corrected chi connectivity index (χ0v) is 6.27. The molecule has 60 valence electrons. The van der Waals surface area contributed by atoms with Gasteiger partial charge in [-0.25, -0.2) is 0 Å². The van der Waals surface area contributed by atoms with Crippen LogP contribution in [0.4, 0.5) is 0 Å². The van der Waals surface area contributed by atoms with Crippen molar-refractivity contribution in [2.24, 2.45) is 0 Å². The van der Waals surface area contributed by atoms with E-state index in [9.17, 15) is 0 Å². The van der Waals surface area contributed by atoms with Gasteiger partial charge in [-0.1, -0.05) is 0 Å². The Bertz CT molecular complexity index is 79.7. The maximum atomic E-state index is 8.64. The molecule has 1 aliphatic rings. The summed E-state index contributed by atoms with van der Waals surface area (Å²) in [5, 5.41) is 15.3. The Kier molecular flexibility index (Phi) is 3.72. The second-order valence-electron chi connectivity index (χ2n) is 2.72. The smallest absolute Gasteiger partial charge is 0.0446 e. The Labute approximate surface area is 61.8 Å². The van der Waals surface area contributed by atoms with Gasteiger partial charge >= 0.3 is 0 Å². The molecular formula is C7H16N2O. The van der Waals surface area contributed by atoms with E-state index in [4.69, 9.17) is 5.11 Å². The molecule has 0 aromatic carbocycles. The van der Waals surface area contributed by atoms with E-state index >= 15 is 0 Å². The highest BCUT2D eigenvalue weighted by atomic mass is 16.3. The Hall–Kier alpha value is -0.120. The standard InChI is InChI=1S/C7H16N2O/c10-5-2-7-6-8-3-1-4-9-7/h7-10H,1-6H2. The predicted molar refractivity (Wildman–Crippen MR) is 41.0 cm³/mol. The van der Waals surface area contributed by atoms with Gasteiger partial charge in [0.1, 0.15) is 0 Å². The van der Waals surface area contributed by atoms with Crippen LogP contribution in [0, 0.1) is 0 Å². The molecule has 0 amide bonds. The molecule has 0 saturated carbocycles. The average molecular weight is 144 g/mol. The van der Waals surface area contributed by atoms with Gasteiger partial charge in [-0.3, -0.25) is 0 Å². The first-order valence-electron chi connectivity index (χ1n) is 3.98. The maximum absolute atomic E-state index is 8.64. The van der Waals surface area contributed by atoms with Crippen molar-refractivity contribution in [3.8, 4) is 0 Å². The first-order chi connectivity index (χ1) is 4.93. The molecule has 0 spiro atoms. The third kappa shape index (κ3) is 2.64. The lowest BCUT2D eigenvalue weighted by Crippen LogP contribution is -2.35. The van der Waals surface area contributed by atoms with Crippen LogP contribution < -0.4 is 10.6 Å². The van der Waals surface area contributed by atoms with E-state index in [-0.39, 0.29) is 0 Å². The zero-order valence-electron chi connectivity index (χ0n) is 6.27. The molecule has 1 unspecified atom stereocenters. The highest BCUT2D eigenvalue weighted by Crippen LogP contribution is 1.92. The van der Waals surface area contributed by atoms with Crippen LogP contribution in [0.25, 0.3) is 0 Å². The van der Waals surface area contributed by atoms with Gasteiger partial charge in [0.15, 0.2) is 0 Å². The van der Waals surface area contributed by atoms with Gasteiger partial charge in [0.2, 0.25) is 0 Å². The fourth-order valence-corrected chi connectivity index (χ4v) is 1.23. The summed E-state index contributed by atoms with van der Waals surface area (Å²) in [7, 11) is 0. The van der Waals surface area contributed by atoms with Crippen LogP contribution >= 0.6 is 0 Å². The lowest BCUT2D eigenvalue weighted by Gasteiger charge is -2.13. The lowest BCUT2D eigenvalue weighted by atomic mass is 10.2. The number of nitrogens with one attached hydrogen (secondary N) is 2. The van der Waals surface area contributed by atoms with Gasteiger partial charge in [-0.05, 0) is 25.9 Å². The Morgan fingerprint density at radius 2 is 2.30 bits per heavy atom. The van der Waals surface area contributed by atoms with Crippen LogP contribution in [0.15, 0.2) is 0 Å². The first kappa shape index (κ1) is 7.98. The third-order valence-electron chi connectivity index (χ3n) is 1.83. The SMILES string of the molecule is OCCC1CNCCCN1. The second-order valence-corrected chi connectivity index (χ2v) is 2.72. The molecule has 1 aliphatic heterocycles. The van der Waals surface area contributed by atoms with Crippen LogP contribution in [-0.2, 0) is 0 Å². The molecule has 1 saturated heterocycles. The van der Waals surface area contributed by atoms with Crippen molar-refractivity contribution in [3.63, 3.8) is 0 Å². The average Bonchev–Trinajstić information content (AvgIpc) is 2.17. The summed E-state index contributed by atoms with van der Waals surface area (Å²) < 4.78 is 0. The van der Waals surface area contributed by atoms with Gasteiger partial charge in [0.05, 0.1) is 0 Å². The van der Waals surface area contributed by atoms with Crippen LogP contribution in [0.5, 0.6) is 0 Å². The van der Waals surface area contributed by atoms with Crippen molar-refractivity contribution in [1.29, 1.82) is 0 Å². The first-order valence-corrected chi connectivity index (χ1v) is 3.98. The lowest BCUT2D eigenvalue weighted by molar-refractivity contribution is 0.266. The topological polar surface area (TPSA) is 44.3 Å². The fourth-order valence-electron chi connectivity index (χ4n) is 1.23. The molecule has 0 radical (unpaired) electrons. The molecule has 0 aliphatic carbocycles. The summed E-state index contributed by atoms with van der Waals surface area (Å²) >= 11 is 0. The van der Waals surface area contributed by atoms with E-state index in [1.165, 1.54) is 6.42 Å². The van der Waals surface area contributed by atoms with Gasteiger partial charge in [-0.2, -0.15) is 0 Å². The van der Waals surface area contributed by atoms with E-state index in [1.54, 1.807) is 0 Å². The van der Waals surface area contributed by atoms with E-state index in [0.29, 0.717) is 12.6 Å². The third-order valence-corrected chi connectivity index (χ3v) is 1.83. The van der Waals surface area contributed by atoms with Crippen LogP contribution in [0.3, 0.4) is 0 Å². The highest BCUT2D eigenvalue weighted by Gasteiger charge is 2.08. The van der Waals surface area contributed by atoms with Gasteiger partial charge in [0.25, 0.3) is 0 Å². The van der Waals surface area contributed by atoms with Crippen molar-refractivity contribution in [1.82, 2.24) is 10.6 Å².